The van der Waals surface area contributed by atoms with Crippen LogP contribution in [0.3, 0.4) is 0 Å². The lowest BCUT2D eigenvalue weighted by molar-refractivity contribution is 1.48. The molecule has 0 aliphatic heterocycles. The van der Waals surface area contributed by atoms with Crippen molar-refractivity contribution in [2.75, 3.05) is 0 Å². The maximum Gasteiger partial charge on any atom is 0.266 e. The second-order valence-electron chi connectivity index (χ2n) is 2.08. The van der Waals surface area contributed by atoms with Crippen molar-refractivity contribution < 1.29 is 0 Å². The third-order valence-electron chi connectivity index (χ3n) is 0.940. The Hall–Kier alpha value is 0.380. The lowest BCUT2D eigenvalue weighted by Crippen LogP contribution is -1.81. The molecule has 0 aliphatic carbocycles. The molecule has 0 heterocycles. The van der Waals surface area contributed by atoms with E-state index >= 15 is 0 Å². The molecule has 1 rings (SSSR count). The molecule has 0 N–H and O–H groups in total. The van der Waals surface area contributed by atoms with Crippen molar-refractivity contribution in [3.63, 3.8) is 0 Å². The molecule has 0 bridgehead atoms. The Morgan fingerprint density at radius 2 is 1.25 bits per heavy atom. The molecule has 0 saturated carbocycles. The first-order valence-corrected chi connectivity index (χ1v) is 4.68. The molecule has 0 atom stereocenters. The summed E-state index contributed by atoms with van der Waals surface area (Å²) < 4.78 is -1.61. The van der Waals surface area contributed by atoms with E-state index in [4.69, 9.17) is 46.4 Å². The fraction of sp³-hybridized carbons (Fsp3) is 0.250. The molecule has 4 heteroatoms. The zero-order valence-corrected chi connectivity index (χ0v) is 9.42. The van der Waals surface area contributed by atoms with Crippen LogP contribution in [0.1, 0.15) is 5.56 Å². The van der Waals surface area contributed by atoms with Crippen molar-refractivity contribution in [3.05, 3.63) is 35.9 Å². The van der Waals surface area contributed by atoms with Crippen LogP contribution in [0, 0.1) is 6.92 Å². The van der Waals surface area contributed by atoms with Gasteiger partial charge in [-0.15, -0.1) is 0 Å². The summed E-state index contributed by atoms with van der Waals surface area (Å²) in [5.41, 5.74) is 1.32. The van der Waals surface area contributed by atoms with Gasteiger partial charge in [0.15, 0.2) is 0 Å². The third-order valence-corrected chi connectivity index (χ3v) is 0.940. The van der Waals surface area contributed by atoms with Gasteiger partial charge in [0.05, 0.1) is 0 Å². The average molecular weight is 246 g/mol. The minimum Gasteiger partial charge on any atom is -0.0664 e. The summed E-state index contributed by atoms with van der Waals surface area (Å²) in [5, 5.41) is 0. The van der Waals surface area contributed by atoms with Crippen LogP contribution in [-0.4, -0.2) is 3.25 Å². The Labute approximate surface area is 92.4 Å². The first-order chi connectivity index (χ1) is 5.39. The molecule has 12 heavy (non-hydrogen) atoms. The topological polar surface area (TPSA) is 0 Å². The van der Waals surface area contributed by atoms with E-state index in [0.717, 1.165) is 0 Å². The van der Waals surface area contributed by atoms with Gasteiger partial charge in [0.2, 0.25) is 0 Å². The highest BCUT2D eigenvalue weighted by Gasteiger charge is 2.11. The Balaban J connectivity index is 0.000000217. The van der Waals surface area contributed by atoms with E-state index in [1.54, 1.807) is 0 Å². The SMILES string of the molecule is Cc1ccccc1.ClC(Cl)(Cl)Cl. The molecule has 0 fully saturated rings. The van der Waals surface area contributed by atoms with Crippen LogP contribution in [-0.2, 0) is 0 Å². The minimum absolute atomic E-state index is 1.32. The van der Waals surface area contributed by atoms with Crippen LogP contribution >= 0.6 is 46.4 Å². The summed E-state index contributed by atoms with van der Waals surface area (Å²) in [7, 11) is 0. The summed E-state index contributed by atoms with van der Waals surface area (Å²) in [5.74, 6) is 0. The van der Waals surface area contributed by atoms with Crippen LogP contribution in [0.4, 0.5) is 0 Å². The number of aryl methyl sites for hydroxylation is 1. The molecule has 0 amide bonds. The summed E-state index contributed by atoms with van der Waals surface area (Å²) in [4.78, 5) is 0. The Kier molecular flexibility index (Phi) is 6.12. The number of halogens is 4. The van der Waals surface area contributed by atoms with Gasteiger partial charge < -0.3 is 0 Å². The monoisotopic (exact) mass is 244 g/mol. The van der Waals surface area contributed by atoms with Gasteiger partial charge in [0.25, 0.3) is 3.25 Å². The second-order valence-corrected chi connectivity index (χ2v) is 5.51. The molecule has 0 aromatic heterocycles. The molecular formula is C8H8Cl4. The Bertz CT molecular complexity index is 196. The van der Waals surface area contributed by atoms with Gasteiger partial charge in [-0.2, -0.15) is 0 Å². The van der Waals surface area contributed by atoms with E-state index in [0.29, 0.717) is 0 Å². The lowest BCUT2D eigenvalue weighted by Gasteiger charge is -1.91. The summed E-state index contributed by atoms with van der Waals surface area (Å²) >= 11 is 19.3. The number of alkyl halides is 4. The van der Waals surface area contributed by atoms with Crippen molar-refractivity contribution in [1.82, 2.24) is 0 Å². The summed E-state index contributed by atoms with van der Waals surface area (Å²) in [6.45, 7) is 2.08. The highest BCUT2D eigenvalue weighted by atomic mass is 35.6. The molecule has 0 spiro atoms. The molecule has 1 aromatic rings. The second kappa shape index (κ2) is 5.93. The van der Waals surface area contributed by atoms with Gasteiger partial charge in [-0.25, -0.2) is 0 Å². The fourth-order valence-corrected chi connectivity index (χ4v) is 0.534. The van der Waals surface area contributed by atoms with Gasteiger partial charge in [-0.05, 0) is 6.92 Å². The van der Waals surface area contributed by atoms with Crippen molar-refractivity contribution >= 4 is 46.4 Å². The van der Waals surface area contributed by atoms with Gasteiger partial charge in [0, 0.05) is 0 Å². The average Bonchev–Trinajstić information content (AvgIpc) is 1.85. The lowest BCUT2D eigenvalue weighted by atomic mass is 10.2. The minimum atomic E-state index is -1.61. The molecule has 0 saturated heterocycles. The van der Waals surface area contributed by atoms with Crippen LogP contribution < -0.4 is 0 Å². The molecule has 0 aliphatic rings. The smallest absolute Gasteiger partial charge is 0.0664 e. The zero-order valence-electron chi connectivity index (χ0n) is 6.40. The van der Waals surface area contributed by atoms with Gasteiger partial charge >= 0.3 is 0 Å². The molecule has 0 radical (unpaired) electrons. The zero-order chi connectivity index (χ0) is 9.61. The van der Waals surface area contributed by atoms with E-state index in [2.05, 4.69) is 19.1 Å². The van der Waals surface area contributed by atoms with E-state index in [-0.39, 0.29) is 0 Å². The first-order valence-electron chi connectivity index (χ1n) is 3.17. The van der Waals surface area contributed by atoms with Crippen molar-refractivity contribution in [2.45, 2.75) is 10.2 Å². The van der Waals surface area contributed by atoms with Crippen molar-refractivity contribution in [3.8, 4) is 0 Å². The normalized spacial score (nSPS) is 10.1. The number of benzene rings is 1. The molecule has 0 unspecified atom stereocenters. The quantitative estimate of drug-likeness (QED) is 0.589. The maximum absolute atomic E-state index is 4.83. The molecule has 68 valence electrons. The van der Waals surface area contributed by atoms with Gasteiger partial charge in [0.1, 0.15) is 0 Å². The third kappa shape index (κ3) is 13.0. The van der Waals surface area contributed by atoms with E-state index in [9.17, 15) is 0 Å². The predicted molar refractivity (Wildman–Crippen MR) is 57.3 cm³/mol. The maximum atomic E-state index is 4.83. The summed E-state index contributed by atoms with van der Waals surface area (Å²) in [6, 6.07) is 10.3. The van der Waals surface area contributed by atoms with Crippen LogP contribution in [0.5, 0.6) is 0 Å². The Morgan fingerprint density at radius 1 is 0.917 bits per heavy atom. The van der Waals surface area contributed by atoms with Crippen molar-refractivity contribution in [2.24, 2.45) is 0 Å². The number of hydrogen-bond acceptors (Lipinski definition) is 0. The van der Waals surface area contributed by atoms with E-state index in [1.807, 2.05) is 18.2 Å². The molecule has 0 nitrogen and oxygen atoms in total. The predicted octanol–water partition coefficient (Wildman–Crippen LogP) is 4.55. The molecule has 1 aromatic carbocycles. The Morgan fingerprint density at radius 3 is 1.42 bits per heavy atom. The highest BCUT2D eigenvalue weighted by Crippen LogP contribution is 2.29. The van der Waals surface area contributed by atoms with Gasteiger partial charge in [-0.1, -0.05) is 82.3 Å². The standard InChI is InChI=1S/C7H8.CCl4/c1-7-5-3-2-4-6-7;2-1(3,4)5/h2-6H,1H3;. The van der Waals surface area contributed by atoms with Crippen LogP contribution in [0.15, 0.2) is 30.3 Å². The number of hydrogen-bond donors (Lipinski definition) is 0. The van der Waals surface area contributed by atoms with E-state index in [1.165, 1.54) is 5.56 Å². The van der Waals surface area contributed by atoms with Crippen LogP contribution in [0.2, 0.25) is 0 Å². The van der Waals surface area contributed by atoms with E-state index < -0.39 is 3.25 Å². The number of rotatable bonds is 0. The fourth-order valence-electron chi connectivity index (χ4n) is 0.534. The first kappa shape index (κ1) is 12.4. The van der Waals surface area contributed by atoms with Crippen LogP contribution in [0.25, 0.3) is 0 Å². The summed E-state index contributed by atoms with van der Waals surface area (Å²) in [6.07, 6.45) is 0. The van der Waals surface area contributed by atoms with Gasteiger partial charge in [-0.3, -0.25) is 0 Å². The highest BCUT2D eigenvalue weighted by molar-refractivity contribution is 6.83. The molecular weight excluding hydrogens is 238 g/mol. The largest absolute Gasteiger partial charge is 0.266 e. The van der Waals surface area contributed by atoms with Crippen molar-refractivity contribution in [1.29, 1.82) is 0 Å².